The summed E-state index contributed by atoms with van der Waals surface area (Å²) in [5, 5.41) is 4.09. The van der Waals surface area contributed by atoms with Crippen molar-refractivity contribution in [2.75, 3.05) is 6.61 Å². The normalized spacial score (nSPS) is 10.3. The van der Waals surface area contributed by atoms with Gasteiger partial charge in [0.05, 0.1) is 22.8 Å². The summed E-state index contributed by atoms with van der Waals surface area (Å²) < 4.78 is 8.20. The molecule has 0 saturated carbocycles. The monoisotopic (exact) mass is 308 g/mol. The quantitative estimate of drug-likeness (QED) is 0.798. The molecule has 0 unspecified atom stereocenters. The van der Waals surface area contributed by atoms with E-state index in [1.807, 2.05) is 31.6 Å². The molecule has 4 nitrogen and oxygen atoms in total. The molecule has 94 valence electrons. The fourth-order valence-electron chi connectivity index (χ4n) is 1.64. The Morgan fingerprint density at radius 3 is 3.00 bits per heavy atom. The van der Waals surface area contributed by atoms with Gasteiger partial charge < -0.3 is 4.74 Å². The van der Waals surface area contributed by atoms with Crippen molar-refractivity contribution in [3.8, 4) is 5.75 Å². The standard InChI is InChI=1S/C13H13BrN2O2/c1-16-8-10(7-15-16)5-6-18-13-11(9-17)3-2-4-12(13)14/h2-4,7-9H,5-6H2,1H3. The topological polar surface area (TPSA) is 44.1 Å². The maximum absolute atomic E-state index is 10.9. The number of ether oxygens (including phenoxy) is 1. The number of aromatic nitrogens is 2. The number of rotatable bonds is 5. The molecule has 0 amide bonds. The van der Waals surface area contributed by atoms with Crippen LogP contribution in [0.3, 0.4) is 0 Å². The second kappa shape index (κ2) is 5.82. The van der Waals surface area contributed by atoms with E-state index in [9.17, 15) is 4.79 Å². The molecular formula is C13H13BrN2O2. The van der Waals surface area contributed by atoms with Crippen molar-refractivity contribution >= 4 is 22.2 Å². The lowest BCUT2D eigenvalue weighted by Crippen LogP contribution is -2.03. The molecule has 1 heterocycles. The van der Waals surface area contributed by atoms with E-state index in [0.29, 0.717) is 17.9 Å². The van der Waals surface area contributed by atoms with Crippen LogP contribution < -0.4 is 4.74 Å². The summed E-state index contributed by atoms with van der Waals surface area (Å²) in [5.74, 6) is 0.594. The van der Waals surface area contributed by atoms with Gasteiger partial charge in [-0.1, -0.05) is 6.07 Å². The van der Waals surface area contributed by atoms with E-state index in [-0.39, 0.29) is 0 Å². The predicted molar refractivity (Wildman–Crippen MR) is 71.9 cm³/mol. The van der Waals surface area contributed by atoms with Gasteiger partial charge >= 0.3 is 0 Å². The number of carbonyl (C=O) groups is 1. The fourth-order valence-corrected chi connectivity index (χ4v) is 2.14. The first-order valence-corrected chi connectivity index (χ1v) is 6.34. The number of aldehydes is 1. The fraction of sp³-hybridized carbons (Fsp3) is 0.231. The van der Waals surface area contributed by atoms with E-state index in [4.69, 9.17) is 4.74 Å². The first-order valence-electron chi connectivity index (χ1n) is 5.54. The number of hydrogen-bond donors (Lipinski definition) is 0. The third kappa shape index (κ3) is 2.98. The van der Waals surface area contributed by atoms with Crippen LogP contribution in [0.25, 0.3) is 0 Å². The molecule has 0 aliphatic rings. The lowest BCUT2D eigenvalue weighted by molar-refractivity contribution is 0.111. The molecule has 5 heteroatoms. The number of aryl methyl sites for hydroxylation is 1. The molecule has 0 aliphatic carbocycles. The maximum atomic E-state index is 10.9. The van der Waals surface area contributed by atoms with Gasteiger partial charge in [-0.25, -0.2) is 0 Å². The molecule has 0 bridgehead atoms. The summed E-state index contributed by atoms with van der Waals surface area (Å²) in [5.41, 5.74) is 1.66. The Balaban J connectivity index is 2.00. The van der Waals surface area contributed by atoms with Crippen molar-refractivity contribution in [1.29, 1.82) is 0 Å². The van der Waals surface area contributed by atoms with E-state index in [1.165, 1.54) is 0 Å². The SMILES string of the molecule is Cn1cc(CCOc2c(Br)cccc2C=O)cn1. The Morgan fingerprint density at radius 2 is 2.33 bits per heavy atom. The van der Waals surface area contributed by atoms with Crippen molar-refractivity contribution in [2.45, 2.75) is 6.42 Å². The molecule has 0 spiro atoms. The van der Waals surface area contributed by atoms with Gasteiger partial charge in [-0.05, 0) is 33.6 Å². The van der Waals surface area contributed by atoms with E-state index < -0.39 is 0 Å². The molecule has 0 atom stereocenters. The first-order chi connectivity index (χ1) is 8.70. The Bertz CT molecular complexity index is 552. The van der Waals surface area contributed by atoms with Crippen LogP contribution >= 0.6 is 15.9 Å². The molecule has 0 N–H and O–H groups in total. The average molecular weight is 309 g/mol. The smallest absolute Gasteiger partial charge is 0.153 e. The molecule has 0 saturated heterocycles. The van der Waals surface area contributed by atoms with Crippen molar-refractivity contribution < 1.29 is 9.53 Å². The number of halogens is 1. The molecule has 2 aromatic rings. The van der Waals surface area contributed by atoms with E-state index >= 15 is 0 Å². The predicted octanol–water partition coefficient (Wildman–Crippen LogP) is 2.62. The van der Waals surface area contributed by atoms with Gasteiger partial charge in [0.15, 0.2) is 6.29 Å². The largest absolute Gasteiger partial charge is 0.491 e. The number of hydrogen-bond acceptors (Lipinski definition) is 3. The zero-order valence-electron chi connectivity index (χ0n) is 9.97. The van der Waals surface area contributed by atoms with Crippen LogP contribution in [0.4, 0.5) is 0 Å². The molecule has 0 aliphatic heterocycles. The van der Waals surface area contributed by atoms with E-state index in [2.05, 4.69) is 21.0 Å². The summed E-state index contributed by atoms with van der Waals surface area (Å²) in [6.07, 6.45) is 5.31. The Kier molecular flexibility index (Phi) is 4.15. The highest BCUT2D eigenvalue weighted by Gasteiger charge is 2.07. The van der Waals surface area contributed by atoms with Gasteiger partial charge in [0.2, 0.25) is 0 Å². The van der Waals surface area contributed by atoms with E-state index in [1.54, 1.807) is 10.7 Å². The van der Waals surface area contributed by atoms with Crippen LogP contribution in [0.2, 0.25) is 0 Å². The van der Waals surface area contributed by atoms with Gasteiger partial charge in [-0.3, -0.25) is 9.48 Å². The second-order valence-corrected chi connectivity index (χ2v) is 4.75. The Labute approximate surface area is 114 Å². The highest BCUT2D eigenvalue weighted by Crippen LogP contribution is 2.28. The molecular weight excluding hydrogens is 296 g/mol. The van der Waals surface area contributed by atoms with Gasteiger partial charge in [-0.15, -0.1) is 0 Å². The van der Waals surface area contributed by atoms with Crippen molar-refractivity contribution in [1.82, 2.24) is 9.78 Å². The summed E-state index contributed by atoms with van der Waals surface area (Å²) in [4.78, 5) is 10.9. The van der Waals surface area contributed by atoms with Gasteiger partial charge in [0.25, 0.3) is 0 Å². The lowest BCUT2D eigenvalue weighted by Gasteiger charge is -2.09. The van der Waals surface area contributed by atoms with Gasteiger partial charge in [0.1, 0.15) is 5.75 Å². The minimum absolute atomic E-state index is 0.509. The molecule has 1 aromatic carbocycles. The second-order valence-electron chi connectivity index (χ2n) is 3.90. The van der Waals surface area contributed by atoms with E-state index in [0.717, 1.165) is 22.7 Å². The number of nitrogens with zero attached hydrogens (tertiary/aromatic N) is 2. The summed E-state index contributed by atoms with van der Waals surface area (Å²) in [6.45, 7) is 0.509. The highest BCUT2D eigenvalue weighted by molar-refractivity contribution is 9.10. The molecule has 2 rings (SSSR count). The minimum Gasteiger partial charge on any atom is -0.491 e. The van der Waals surface area contributed by atoms with Crippen molar-refractivity contribution in [3.05, 3.63) is 46.2 Å². The Morgan fingerprint density at radius 1 is 1.50 bits per heavy atom. The zero-order chi connectivity index (χ0) is 13.0. The maximum Gasteiger partial charge on any atom is 0.153 e. The summed E-state index contributed by atoms with van der Waals surface area (Å²) in [7, 11) is 1.88. The van der Waals surface area contributed by atoms with Gasteiger partial charge in [-0.2, -0.15) is 5.10 Å². The Hall–Kier alpha value is -1.62. The highest BCUT2D eigenvalue weighted by atomic mass is 79.9. The summed E-state index contributed by atoms with van der Waals surface area (Å²) in [6, 6.07) is 5.39. The first kappa shape index (κ1) is 12.8. The van der Waals surface area contributed by atoms with Crippen molar-refractivity contribution in [3.63, 3.8) is 0 Å². The minimum atomic E-state index is 0.509. The molecule has 0 radical (unpaired) electrons. The van der Waals surface area contributed by atoms with Crippen LogP contribution in [-0.2, 0) is 13.5 Å². The molecule has 0 fully saturated rings. The van der Waals surface area contributed by atoms with Crippen LogP contribution in [0.1, 0.15) is 15.9 Å². The zero-order valence-corrected chi connectivity index (χ0v) is 11.6. The van der Waals surface area contributed by atoms with Crippen LogP contribution in [-0.4, -0.2) is 22.7 Å². The third-order valence-corrected chi connectivity index (χ3v) is 3.14. The van der Waals surface area contributed by atoms with Gasteiger partial charge in [0, 0.05) is 19.7 Å². The number of para-hydroxylation sites is 1. The number of benzene rings is 1. The van der Waals surface area contributed by atoms with Crippen LogP contribution in [0.5, 0.6) is 5.75 Å². The molecule has 1 aromatic heterocycles. The number of carbonyl (C=O) groups excluding carboxylic acids is 1. The lowest BCUT2D eigenvalue weighted by atomic mass is 10.2. The third-order valence-electron chi connectivity index (χ3n) is 2.52. The molecule has 18 heavy (non-hydrogen) atoms. The van der Waals surface area contributed by atoms with Crippen LogP contribution in [0.15, 0.2) is 35.1 Å². The average Bonchev–Trinajstić information content (AvgIpc) is 2.77. The summed E-state index contributed by atoms with van der Waals surface area (Å²) >= 11 is 3.38. The van der Waals surface area contributed by atoms with Crippen LogP contribution in [0, 0.1) is 0 Å². The van der Waals surface area contributed by atoms with Crippen molar-refractivity contribution in [2.24, 2.45) is 7.05 Å².